The van der Waals surface area contributed by atoms with E-state index >= 15 is 0 Å². The van der Waals surface area contributed by atoms with Gasteiger partial charge in [-0.25, -0.2) is 9.59 Å². The maximum atomic E-state index is 12.8. The average Bonchev–Trinajstić information content (AvgIpc) is 2.92. The van der Waals surface area contributed by atoms with Crippen LogP contribution < -0.4 is 10.6 Å². The van der Waals surface area contributed by atoms with Crippen molar-refractivity contribution in [3.63, 3.8) is 0 Å². The van der Waals surface area contributed by atoms with Crippen molar-refractivity contribution in [1.82, 2.24) is 15.5 Å². The number of likely N-dealkylation sites (N-methyl/N-ethyl adjacent to an activating group) is 1. The lowest BCUT2D eigenvalue weighted by atomic mass is 10.1. The molecule has 0 spiro atoms. The van der Waals surface area contributed by atoms with Crippen molar-refractivity contribution >= 4 is 23.9 Å². The molecular weight excluding hydrogens is 486 g/mol. The first kappa shape index (κ1) is 32.7. The van der Waals surface area contributed by atoms with Gasteiger partial charge in [0.1, 0.15) is 19.3 Å². The van der Waals surface area contributed by atoms with E-state index in [0.29, 0.717) is 6.42 Å². The Morgan fingerprint density at radius 2 is 1.66 bits per heavy atom. The van der Waals surface area contributed by atoms with Crippen molar-refractivity contribution in [1.29, 1.82) is 0 Å². The molecular formula is C29H45N3O6. The molecule has 0 heterocycles. The lowest BCUT2D eigenvalue weighted by Gasteiger charge is -2.21. The molecule has 0 aliphatic rings. The van der Waals surface area contributed by atoms with Crippen molar-refractivity contribution in [3.8, 4) is 0 Å². The molecule has 38 heavy (non-hydrogen) atoms. The lowest BCUT2D eigenvalue weighted by Crippen LogP contribution is -2.43. The van der Waals surface area contributed by atoms with Gasteiger partial charge in [0.15, 0.2) is 0 Å². The molecule has 9 heteroatoms. The number of unbranched alkanes of at least 4 members (excludes halogenated alkanes) is 6. The molecule has 1 unspecified atom stereocenters. The van der Waals surface area contributed by atoms with Gasteiger partial charge in [-0.1, -0.05) is 88.4 Å². The summed E-state index contributed by atoms with van der Waals surface area (Å²) in [5.74, 6) is -0.999. The van der Waals surface area contributed by atoms with Crippen molar-refractivity contribution in [2.75, 3.05) is 26.7 Å². The number of carbonyl (C=O) groups is 4. The number of rotatable bonds is 20. The molecule has 1 atom stereocenters. The van der Waals surface area contributed by atoms with Crippen LogP contribution in [0.1, 0.15) is 76.7 Å². The van der Waals surface area contributed by atoms with Gasteiger partial charge in [0.25, 0.3) is 0 Å². The van der Waals surface area contributed by atoms with Crippen LogP contribution in [-0.2, 0) is 30.5 Å². The van der Waals surface area contributed by atoms with Crippen LogP contribution in [0.3, 0.4) is 0 Å². The summed E-state index contributed by atoms with van der Waals surface area (Å²) in [4.78, 5) is 50.9. The number of alkyl carbamates (subject to hydrolysis) is 1. The number of nitrogens with one attached hydrogen (secondary N) is 2. The highest BCUT2D eigenvalue weighted by Gasteiger charge is 2.24. The standard InChI is InChI=1S/C29H45N3O6/c1-4-6-7-8-9-10-14-17-26(33)31-25(28(35)38-23-24-15-12-11-13-16-24)18-19-27(34)32(3)21-20-30-29(36)37-22-5-2/h5,11-13,15-16,25H,2,4,6-10,14,17-23H2,1,3H3,(H,30,36)(H,31,33). The largest absolute Gasteiger partial charge is 0.459 e. The molecule has 3 amide bonds. The highest BCUT2D eigenvalue weighted by Crippen LogP contribution is 2.10. The molecule has 0 aromatic heterocycles. The second-order valence-corrected chi connectivity index (χ2v) is 9.25. The number of esters is 1. The number of amides is 3. The Labute approximate surface area is 227 Å². The molecule has 0 aliphatic carbocycles. The predicted octanol–water partition coefficient (Wildman–Crippen LogP) is 4.51. The molecule has 0 saturated heterocycles. The summed E-state index contributed by atoms with van der Waals surface area (Å²) in [6, 6.07) is 8.36. The molecule has 1 aromatic carbocycles. The summed E-state index contributed by atoms with van der Waals surface area (Å²) >= 11 is 0. The quantitative estimate of drug-likeness (QED) is 0.145. The van der Waals surface area contributed by atoms with E-state index in [0.717, 1.165) is 24.8 Å². The van der Waals surface area contributed by atoms with Gasteiger partial charge in [0, 0.05) is 33.0 Å². The topological polar surface area (TPSA) is 114 Å². The van der Waals surface area contributed by atoms with E-state index in [2.05, 4.69) is 24.1 Å². The molecule has 0 bridgehead atoms. The Morgan fingerprint density at radius 3 is 2.34 bits per heavy atom. The number of ether oxygens (including phenoxy) is 2. The number of benzene rings is 1. The molecule has 0 fully saturated rings. The summed E-state index contributed by atoms with van der Waals surface area (Å²) in [6.07, 6.45) is 9.01. The normalized spacial score (nSPS) is 11.2. The van der Waals surface area contributed by atoms with Crippen LogP contribution >= 0.6 is 0 Å². The SMILES string of the molecule is C=CCOC(=O)NCCN(C)C(=O)CCC(NC(=O)CCCCCCCCC)C(=O)OCc1ccccc1. The number of carbonyl (C=O) groups excluding carboxylic acids is 4. The Hall–Kier alpha value is -3.36. The Bertz CT molecular complexity index is 846. The second-order valence-electron chi connectivity index (χ2n) is 9.25. The van der Waals surface area contributed by atoms with Crippen LogP contribution in [0.2, 0.25) is 0 Å². The second kappa shape index (κ2) is 20.7. The van der Waals surface area contributed by atoms with Gasteiger partial charge in [-0.2, -0.15) is 0 Å². The first-order valence-corrected chi connectivity index (χ1v) is 13.6. The van der Waals surface area contributed by atoms with E-state index in [1.54, 1.807) is 7.05 Å². The maximum absolute atomic E-state index is 12.8. The van der Waals surface area contributed by atoms with Gasteiger partial charge in [-0.15, -0.1) is 0 Å². The summed E-state index contributed by atoms with van der Waals surface area (Å²) in [6.45, 7) is 6.33. The summed E-state index contributed by atoms with van der Waals surface area (Å²) < 4.78 is 10.3. The van der Waals surface area contributed by atoms with Crippen molar-refractivity contribution in [2.45, 2.75) is 83.8 Å². The fraction of sp³-hybridized carbons (Fsp3) is 0.586. The number of hydrogen-bond acceptors (Lipinski definition) is 6. The molecule has 1 aromatic rings. The summed E-state index contributed by atoms with van der Waals surface area (Å²) in [5.41, 5.74) is 0.837. The zero-order valence-corrected chi connectivity index (χ0v) is 23.0. The van der Waals surface area contributed by atoms with Crippen molar-refractivity contribution in [3.05, 3.63) is 48.6 Å². The van der Waals surface area contributed by atoms with E-state index in [1.165, 1.54) is 36.7 Å². The molecule has 0 saturated carbocycles. The fourth-order valence-corrected chi connectivity index (χ4v) is 3.68. The minimum Gasteiger partial charge on any atom is -0.459 e. The average molecular weight is 532 g/mol. The highest BCUT2D eigenvalue weighted by molar-refractivity contribution is 5.85. The lowest BCUT2D eigenvalue weighted by molar-refractivity contribution is -0.149. The Kier molecular flexibility index (Phi) is 17.8. The number of hydrogen-bond donors (Lipinski definition) is 2. The van der Waals surface area contributed by atoms with Gasteiger partial charge >= 0.3 is 12.1 Å². The van der Waals surface area contributed by atoms with E-state index in [1.807, 2.05) is 30.3 Å². The van der Waals surface area contributed by atoms with Gasteiger partial charge < -0.3 is 25.0 Å². The van der Waals surface area contributed by atoms with Gasteiger partial charge in [-0.3, -0.25) is 9.59 Å². The van der Waals surface area contributed by atoms with Crippen molar-refractivity contribution in [2.24, 2.45) is 0 Å². The van der Waals surface area contributed by atoms with Gasteiger partial charge in [-0.05, 0) is 18.4 Å². The fourth-order valence-electron chi connectivity index (χ4n) is 3.68. The van der Waals surface area contributed by atoms with Crippen molar-refractivity contribution < 1.29 is 28.7 Å². The molecule has 0 radical (unpaired) electrons. The Morgan fingerprint density at radius 1 is 0.974 bits per heavy atom. The zero-order chi connectivity index (χ0) is 28.0. The third kappa shape index (κ3) is 15.7. The molecule has 1 rings (SSSR count). The molecule has 0 aliphatic heterocycles. The number of nitrogens with zero attached hydrogens (tertiary/aromatic N) is 1. The van der Waals surface area contributed by atoms with Crippen LogP contribution in [0.25, 0.3) is 0 Å². The first-order chi connectivity index (χ1) is 18.4. The van der Waals surface area contributed by atoms with Crippen LogP contribution in [0.15, 0.2) is 43.0 Å². The summed E-state index contributed by atoms with van der Waals surface area (Å²) in [7, 11) is 1.61. The smallest absolute Gasteiger partial charge is 0.407 e. The van der Waals surface area contributed by atoms with E-state index in [4.69, 9.17) is 9.47 Å². The van der Waals surface area contributed by atoms with Crippen LogP contribution in [0.5, 0.6) is 0 Å². The van der Waals surface area contributed by atoms with Crippen LogP contribution in [0.4, 0.5) is 4.79 Å². The minimum atomic E-state index is -0.917. The molecule has 9 nitrogen and oxygen atoms in total. The predicted molar refractivity (Wildman–Crippen MR) is 147 cm³/mol. The van der Waals surface area contributed by atoms with Crippen LogP contribution in [-0.4, -0.2) is 61.6 Å². The van der Waals surface area contributed by atoms with E-state index < -0.39 is 18.1 Å². The summed E-state index contributed by atoms with van der Waals surface area (Å²) in [5, 5.41) is 5.32. The maximum Gasteiger partial charge on any atom is 0.407 e. The minimum absolute atomic E-state index is 0.0419. The highest BCUT2D eigenvalue weighted by atomic mass is 16.5. The van der Waals surface area contributed by atoms with Gasteiger partial charge in [0.2, 0.25) is 11.8 Å². The molecule has 212 valence electrons. The third-order valence-electron chi connectivity index (χ3n) is 5.97. The molecule has 2 N–H and O–H groups in total. The van der Waals surface area contributed by atoms with Gasteiger partial charge in [0.05, 0.1) is 0 Å². The first-order valence-electron chi connectivity index (χ1n) is 13.6. The van der Waals surface area contributed by atoms with E-state index in [-0.39, 0.29) is 51.0 Å². The van der Waals surface area contributed by atoms with E-state index in [9.17, 15) is 19.2 Å². The van der Waals surface area contributed by atoms with Crippen LogP contribution in [0, 0.1) is 0 Å². The zero-order valence-electron chi connectivity index (χ0n) is 23.0. The Balaban J connectivity index is 2.54. The third-order valence-corrected chi connectivity index (χ3v) is 5.97. The monoisotopic (exact) mass is 531 g/mol.